The molecule has 0 spiro atoms. The Kier molecular flexibility index (Phi) is 5.56. The van der Waals surface area contributed by atoms with E-state index >= 15 is 0 Å². The van der Waals surface area contributed by atoms with Crippen LogP contribution in [0, 0.1) is 5.92 Å². The average molecular weight is 398 g/mol. The van der Waals surface area contributed by atoms with Gasteiger partial charge < -0.3 is 19.9 Å². The lowest BCUT2D eigenvalue weighted by atomic mass is 9.82. The lowest BCUT2D eigenvalue weighted by Crippen LogP contribution is -2.41. The van der Waals surface area contributed by atoms with Gasteiger partial charge in [0, 0.05) is 25.3 Å². The number of aliphatic hydroxyl groups excluding tert-OH is 1. The van der Waals surface area contributed by atoms with Gasteiger partial charge in [0.1, 0.15) is 0 Å². The number of carbonyl (C=O) groups excluding carboxylic acids is 1. The van der Waals surface area contributed by atoms with E-state index in [9.17, 15) is 23.1 Å². The molecule has 1 atom stereocenters. The van der Waals surface area contributed by atoms with Gasteiger partial charge in [0.2, 0.25) is 5.82 Å². The minimum atomic E-state index is -4.56. The molecule has 1 aromatic heterocycles. The molecule has 1 unspecified atom stereocenters. The van der Waals surface area contributed by atoms with Crippen LogP contribution in [0.3, 0.4) is 0 Å². The largest absolute Gasteiger partial charge is 0.449 e. The third kappa shape index (κ3) is 4.09. The molecule has 0 bridgehead atoms. The Balaban J connectivity index is 1.81. The van der Waals surface area contributed by atoms with Crippen molar-refractivity contribution in [1.29, 1.82) is 0 Å². The van der Waals surface area contributed by atoms with Crippen molar-refractivity contribution < 1.29 is 23.1 Å². The van der Waals surface area contributed by atoms with Gasteiger partial charge >= 0.3 is 12.2 Å². The zero-order valence-electron chi connectivity index (χ0n) is 16.1. The van der Waals surface area contributed by atoms with Gasteiger partial charge in [0.25, 0.3) is 0 Å². The number of imidazole rings is 1. The highest BCUT2D eigenvalue weighted by atomic mass is 19.4. The summed E-state index contributed by atoms with van der Waals surface area (Å²) in [7, 11) is 1.65. The summed E-state index contributed by atoms with van der Waals surface area (Å²) in [5.41, 5.74) is 0.965. The molecule has 2 aromatic rings. The number of aromatic nitrogens is 2. The summed E-state index contributed by atoms with van der Waals surface area (Å²) >= 11 is 0. The maximum absolute atomic E-state index is 13.4. The average Bonchev–Trinajstić information content (AvgIpc) is 2.98. The van der Waals surface area contributed by atoms with E-state index in [1.165, 1.54) is 15.5 Å². The fraction of sp³-hybridized carbons (Fsp3) is 0.579. The molecule has 1 aliphatic rings. The molecule has 154 valence electrons. The molecule has 6 nitrogen and oxygen atoms in total. The van der Waals surface area contributed by atoms with Crippen molar-refractivity contribution >= 4 is 22.8 Å². The van der Waals surface area contributed by atoms with Crippen LogP contribution in [0.15, 0.2) is 18.2 Å². The van der Waals surface area contributed by atoms with Crippen LogP contribution < -0.4 is 5.32 Å². The van der Waals surface area contributed by atoms with Crippen LogP contribution >= 0.6 is 0 Å². The van der Waals surface area contributed by atoms with Crippen LogP contribution in [0.4, 0.5) is 23.7 Å². The molecule has 1 heterocycles. The highest BCUT2D eigenvalue weighted by Gasteiger charge is 2.38. The first-order valence-electron chi connectivity index (χ1n) is 9.39. The number of benzene rings is 1. The monoisotopic (exact) mass is 398 g/mol. The minimum Gasteiger partial charge on any atom is -0.393 e. The number of rotatable bonds is 5. The van der Waals surface area contributed by atoms with E-state index in [4.69, 9.17) is 0 Å². The molecule has 9 heteroatoms. The molecule has 2 amide bonds. The van der Waals surface area contributed by atoms with Gasteiger partial charge in [0.15, 0.2) is 0 Å². The number of amides is 2. The Morgan fingerprint density at radius 1 is 1.43 bits per heavy atom. The molecule has 1 aromatic carbocycles. The van der Waals surface area contributed by atoms with Crippen molar-refractivity contribution in [2.75, 3.05) is 18.9 Å². The van der Waals surface area contributed by atoms with E-state index in [1.54, 1.807) is 26.1 Å². The number of aliphatic hydroxyl groups is 1. The molecule has 0 aliphatic heterocycles. The van der Waals surface area contributed by atoms with Crippen molar-refractivity contribution in [2.45, 2.75) is 51.4 Å². The number of alkyl halides is 3. The predicted molar refractivity (Wildman–Crippen MR) is 100 cm³/mol. The summed E-state index contributed by atoms with van der Waals surface area (Å²) in [5.74, 6) is -0.658. The molecule has 1 fully saturated rings. The van der Waals surface area contributed by atoms with Gasteiger partial charge in [-0.3, -0.25) is 0 Å². The van der Waals surface area contributed by atoms with Crippen LogP contribution in [-0.2, 0) is 6.18 Å². The summed E-state index contributed by atoms with van der Waals surface area (Å²) in [4.78, 5) is 17.6. The van der Waals surface area contributed by atoms with Crippen molar-refractivity contribution in [3.05, 3.63) is 24.0 Å². The van der Waals surface area contributed by atoms with Crippen molar-refractivity contribution in [2.24, 2.45) is 5.92 Å². The van der Waals surface area contributed by atoms with Crippen LogP contribution in [0.2, 0.25) is 0 Å². The SMILES string of the molecule is CCC(C)n1c(C(F)(F)F)nc2cc(NC(=O)N(C)CC3CC(O)C3)ccc21. The smallest absolute Gasteiger partial charge is 0.393 e. The van der Waals surface area contributed by atoms with E-state index < -0.39 is 12.0 Å². The number of carbonyl (C=O) groups is 1. The second-order valence-electron chi connectivity index (χ2n) is 7.57. The summed E-state index contributed by atoms with van der Waals surface area (Å²) in [6.07, 6.45) is -2.95. The lowest BCUT2D eigenvalue weighted by molar-refractivity contribution is -0.147. The van der Waals surface area contributed by atoms with E-state index in [2.05, 4.69) is 10.3 Å². The summed E-state index contributed by atoms with van der Waals surface area (Å²) in [6.45, 7) is 4.06. The van der Waals surface area contributed by atoms with Gasteiger partial charge in [0.05, 0.1) is 17.1 Å². The first-order valence-corrected chi connectivity index (χ1v) is 9.39. The molecule has 0 saturated heterocycles. The third-order valence-corrected chi connectivity index (χ3v) is 5.32. The predicted octanol–water partition coefficient (Wildman–Crippen LogP) is 4.26. The molecule has 3 rings (SSSR count). The number of anilines is 1. The Bertz CT molecular complexity index is 859. The van der Waals surface area contributed by atoms with Crippen molar-refractivity contribution in [1.82, 2.24) is 14.5 Å². The van der Waals surface area contributed by atoms with Gasteiger partial charge in [-0.25, -0.2) is 9.78 Å². The lowest BCUT2D eigenvalue weighted by Gasteiger charge is -2.34. The molecule has 0 radical (unpaired) electrons. The molecule has 1 saturated carbocycles. The molecule has 28 heavy (non-hydrogen) atoms. The number of nitrogens with one attached hydrogen (secondary N) is 1. The zero-order chi connectivity index (χ0) is 20.6. The number of hydrogen-bond acceptors (Lipinski definition) is 3. The van der Waals surface area contributed by atoms with Crippen molar-refractivity contribution in [3.8, 4) is 0 Å². The first kappa shape index (κ1) is 20.4. The van der Waals surface area contributed by atoms with Crippen LogP contribution in [-0.4, -0.2) is 45.3 Å². The standard InChI is InChI=1S/C19H25F3N4O2/c1-4-11(2)26-16-6-5-13(9-15(16)24-17(26)19(20,21)22)23-18(28)25(3)10-12-7-14(27)8-12/h5-6,9,11-12,14,27H,4,7-8,10H2,1-3H3,(H,23,28). The van der Waals surface area contributed by atoms with Crippen LogP contribution in [0.5, 0.6) is 0 Å². The number of halogens is 3. The van der Waals surface area contributed by atoms with Crippen molar-refractivity contribution in [3.63, 3.8) is 0 Å². The number of fused-ring (bicyclic) bond motifs is 1. The fourth-order valence-corrected chi connectivity index (χ4v) is 3.54. The number of urea groups is 1. The first-order chi connectivity index (χ1) is 13.1. The quantitative estimate of drug-likeness (QED) is 0.791. The van der Waals surface area contributed by atoms with E-state index in [1.807, 2.05) is 6.92 Å². The molecule has 1 aliphatic carbocycles. The minimum absolute atomic E-state index is 0.190. The Labute approximate surface area is 161 Å². The summed E-state index contributed by atoms with van der Waals surface area (Å²) < 4.78 is 41.4. The molecular formula is C19H25F3N4O2. The topological polar surface area (TPSA) is 70.4 Å². The third-order valence-electron chi connectivity index (χ3n) is 5.32. The fourth-order valence-electron chi connectivity index (χ4n) is 3.54. The second kappa shape index (κ2) is 7.62. The van der Waals surface area contributed by atoms with E-state index in [0.29, 0.717) is 37.0 Å². The zero-order valence-corrected chi connectivity index (χ0v) is 16.1. The number of hydrogen-bond donors (Lipinski definition) is 2. The maximum Gasteiger partial charge on any atom is 0.449 e. The highest BCUT2D eigenvalue weighted by Crippen LogP contribution is 2.35. The van der Waals surface area contributed by atoms with E-state index in [-0.39, 0.29) is 29.6 Å². The summed E-state index contributed by atoms with van der Waals surface area (Å²) in [5, 5.41) is 12.0. The normalized spacial score (nSPS) is 20.7. The highest BCUT2D eigenvalue weighted by molar-refractivity contribution is 5.92. The van der Waals surface area contributed by atoms with Gasteiger partial charge in [-0.2, -0.15) is 13.2 Å². The molecular weight excluding hydrogens is 373 g/mol. The van der Waals surface area contributed by atoms with Gasteiger partial charge in [-0.05, 0) is 50.3 Å². The second-order valence-corrected chi connectivity index (χ2v) is 7.57. The van der Waals surface area contributed by atoms with E-state index in [0.717, 1.165) is 0 Å². The Morgan fingerprint density at radius 2 is 2.11 bits per heavy atom. The van der Waals surface area contributed by atoms with Crippen LogP contribution in [0.1, 0.15) is 45.0 Å². The summed E-state index contributed by atoms with van der Waals surface area (Å²) in [6, 6.07) is 3.90. The Hall–Kier alpha value is -2.29. The molecule has 2 N–H and O–H groups in total. The van der Waals surface area contributed by atoms with Gasteiger partial charge in [-0.1, -0.05) is 6.92 Å². The van der Waals surface area contributed by atoms with Crippen LogP contribution in [0.25, 0.3) is 11.0 Å². The van der Waals surface area contributed by atoms with Gasteiger partial charge in [-0.15, -0.1) is 0 Å². The Morgan fingerprint density at radius 3 is 2.68 bits per heavy atom. The maximum atomic E-state index is 13.4. The number of nitrogens with zero attached hydrogens (tertiary/aromatic N) is 3.